The average molecular weight is 412 g/mol. The van der Waals surface area contributed by atoms with E-state index in [-0.39, 0.29) is 11.5 Å². The predicted octanol–water partition coefficient (Wildman–Crippen LogP) is 4.19. The normalized spacial score (nSPS) is 10.9. The fourth-order valence-electron chi connectivity index (χ4n) is 3.57. The number of nitrogens with one attached hydrogen (secondary N) is 1. The molecule has 0 saturated carbocycles. The quantitative estimate of drug-likeness (QED) is 0.495. The van der Waals surface area contributed by atoms with Crippen LogP contribution in [-0.4, -0.2) is 10.5 Å². The van der Waals surface area contributed by atoms with Crippen LogP contribution in [0.3, 0.4) is 0 Å². The van der Waals surface area contributed by atoms with Crippen LogP contribution in [0.2, 0.25) is 0 Å². The lowest BCUT2D eigenvalue weighted by molar-refractivity contribution is 0.0952. The topological polar surface area (TPSA) is 60.3 Å². The molecule has 5 nitrogen and oxygen atoms in total. The summed E-state index contributed by atoms with van der Waals surface area (Å²) in [6.07, 6.45) is 0. The van der Waals surface area contributed by atoms with Gasteiger partial charge in [0.05, 0.1) is 24.3 Å². The summed E-state index contributed by atoms with van der Waals surface area (Å²) < 4.78 is 7.35. The Morgan fingerprint density at radius 2 is 1.52 bits per heavy atom. The fourth-order valence-corrected chi connectivity index (χ4v) is 3.57. The molecule has 31 heavy (non-hydrogen) atoms. The lowest BCUT2D eigenvalue weighted by Gasteiger charge is -2.11. The molecule has 0 spiro atoms. The van der Waals surface area contributed by atoms with Gasteiger partial charge in [0.2, 0.25) is 0 Å². The minimum Gasteiger partial charge on any atom is -0.372 e. The highest BCUT2D eigenvalue weighted by atomic mass is 16.5. The third-order valence-corrected chi connectivity index (χ3v) is 5.22. The molecule has 4 aromatic rings. The van der Waals surface area contributed by atoms with Gasteiger partial charge in [-0.05, 0) is 22.8 Å². The van der Waals surface area contributed by atoms with Gasteiger partial charge in [0, 0.05) is 25.0 Å². The van der Waals surface area contributed by atoms with E-state index in [1.165, 1.54) is 6.07 Å². The summed E-state index contributed by atoms with van der Waals surface area (Å²) in [5, 5.41) is 3.69. The van der Waals surface area contributed by atoms with Crippen molar-refractivity contribution in [1.29, 1.82) is 0 Å². The standard InChI is InChI=1S/C26H24N2O3/c1-28-24-13-6-5-12-22(24)23(15-25(28)29)26(30)27-16-20-10-7-11-21(14-20)18-31-17-19-8-3-2-4-9-19/h2-15H,16-18H2,1H3,(H,27,30). The number of benzene rings is 3. The number of amides is 1. The number of aryl methyl sites for hydroxylation is 1. The molecular formula is C26H24N2O3. The van der Waals surface area contributed by atoms with Gasteiger partial charge < -0.3 is 14.6 Å². The van der Waals surface area contributed by atoms with E-state index in [1.807, 2.05) is 78.9 Å². The van der Waals surface area contributed by atoms with Crippen molar-refractivity contribution in [3.05, 3.63) is 118 Å². The SMILES string of the molecule is Cn1c(=O)cc(C(=O)NCc2cccc(COCc3ccccc3)c2)c2ccccc21. The first-order valence-electron chi connectivity index (χ1n) is 10.2. The Hall–Kier alpha value is -3.70. The molecule has 0 atom stereocenters. The first-order chi connectivity index (χ1) is 15.1. The maximum Gasteiger partial charge on any atom is 0.252 e. The predicted molar refractivity (Wildman–Crippen MR) is 122 cm³/mol. The van der Waals surface area contributed by atoms with Gasteiger partial charge in [-0.15, -0.1) is 0 Å². The zero-order valence-electron chi connectivity index (χ0n) is 17.4. The number of para-hydroxylation sites is 1. The van der Waals surface area contributed by atoms with Crippen molar-refractivity contribution < 1.29 is 9.53 Å². The number of hydrogen-bond acceptors (Lipinski definition) is 3. The van der Waals surface area contributed by atoms with E-state index >= 15 is 0 Å². The first kappa shape index (κ1) is 20.6. The average Bonchev–Trinajstić information content (AvgIpc) is 2.81. The highest BCUT2D eigenvalue weighted by Gasteiger charge is 2.13. The van der Waals surface area contributed by atoms with Gasteiger partial charge in [-0.1, -0.05) is 72.8 Å². The van der Waals surface area contributed by atoms with Gasteiger partial charge in [0.1, 0.15) is 0 Å². The van der Waals surface area contributed by atoms with Crippen molar-refractivity contribution >= 4 is 16.8 Å². The first-order valence-corrected chi connectivity index (χ1v) is 10.2. The van der Waals surface area contributed by atoms with Gasteiger partial charge in [0.25, 0.3) is 11.5 Å². The van der Waals surface area contributed by atoms with Gasteiger partial charge in [0.15, 0.2) is 0 Å². The third-order valence-electron chi connectivity index (χ3n) is 5.22. The van der Waals surface area contributed by atoms with Crippen LogP contribution in [0.4, 0.5) is 0 Å². The largest absolute Gasteiger partial charge is 0.372 e. The molecule has 5 heteroatoms. The van der Waals surface area contributed by atoms with Crippen LogP contribution in [0.5, 0.6) is 0 Å². The maximum atomic E-state index is 12.8. The number of pyridine rings is 1. The van der Waals surface area contributed by atoms with E-state index in [2.05, 4.69) is 5.32 Å². The molecule has 0 saturated heterocycles. The van der Waals surface area contributed by atoms with Crippen LogP contribution in [0, 0.1) is 0 Å². The molecule has 0 unspecified atom stereocenters. The van der Waals surface area contributed by atoms with Crippen molar-refractivity contribution in [2.75, 3.05) is 0 Å². The highest BCUT2D eigenvalue weighted by Crippen LogP contribution is 2.16. The molecule has 0 aliphatic rings. The summed E-state index contributed by atoms with van der Waals surface area (Å²) in [6, 6.07) is 26.8. The molecule has 0 radical (unpaired) electrons. The minimum atomic E-state index is -0.264. The third kappa shape index (κ3) is 4.90. The van der Waals surface area contributed by atoms with E-state index in [1.54, 1.807) is 11.6 Å². The van der Waals surface area contributed by atoms with Crippen molar-refractivity contribution in [1.82, 2.24) is 9.88 Å². The number of nitrogens with zero attached hydrogens (tertiary/aromatic N) is 1. The van der Waals surface area contributed by atoms with E-state index in [9.17, 15) is 9.59 Å². The molecule has 0 aliphatic carbocycles. The van der Waals surface area contributed by atoms with Crippen LogP contribution in [0.25, 0.3) is 10.9 Å². The number of fused-ring (bicyclic) bond motifs is 1. The second kappa shape index (κ2) is 9.41. The lowest BCUT2D eigenvalue weighted by Crippen LogP contribution is -2.26. The molecule has 156 valence electrons. The number of aromatic nitrogens is 1. The van der Waals surface area contributed by atoms with Crippen LogP contribution in [-0.2, 0) is 31.5 Å². The van der Waals surface area contributed by atoms with Crippen LogP contribution < -0.4 is 10.9 Å². The Balaban J connectivity index is 1.41. The van der Waals surface area contributed by atoms with E-state index < -0.39 is 0 Å². The number of carbonyl (C=O) groups is 1. The second-order valence-electron chi connectivity index (χ2n) is 7.45. The Labute approximate surface area is 180 Å². The maximum absolute atomic E-state index is 12.8. The molecule has 4 rings (SSSR count). The zero-order chi connectivity index (χ0) is 21.6. The number of hydrogen-bond donors (Lipinski definition) is 1. The van der Waals surface area contributed by atoms with Crippen molar-refractivity contribution in [2.24, 2.45) is 7.05 Å². The van der Waals surface area contributed by atoms with E-state index in [4.69, 9.17) is 4.74 Å². The molecule has 0 bridgehead atoms. The smallest absolute Gasteiger partial charge is 0.252 e. The number of carbonyl (C=O) groups excluding carboxylic acids is 1. The van der Waals surface area contributed by atoms with Crippen molar-refractivity contribution in [3.63, 3.8) is 0 Å². The molecule has 1 aromatic heterocycles. The molecule has 3 aromatic carbocycles. The summed E-state index contributed by atoms with van der Waals surface area (Å²) in [5.74, 6) is -0.264. The Morgan fingerprint density at radius 1 is 0.839 bits per heavy atom. The molecule has 1 amide bonds. The van der Waals surface area contributed by atoms with Gasteiger partial charge in [-0.3, -0.25) is 9.59 Å². The molecule has 1 N–H and O–H groups in total. The second-order valence-corrected chi connectivity index (χ2v) is 7.45. The van der Waals surface area contributed by atoms with E-state index in [0.717, 1.165) is 27.6 Å². The van der Waals surface area contributed by atoms with Crippen molar-refractivity contribution in [3.8, 4) is 0 Å². The summed E-state index contributed by atoms with van der Waals surface area (Å²) >= 11 is 0. The van der Waals surface area contributed by atoms with Crippen LogP contribution >= 0.6 is 0 Å². The minimum absolute atomic E-state index is 0.207. The summed E-state index contributed by atoms with van der Waals surface area (Å²) in [4.78, 5) is 25.1. The highest BCUT2D eigenvalue weighted by molar-refractivity contribution is 6.06. The molecular weight excluding hydrogens is 388 g/mol. The van der Waals surface area contributed by atoms with Gasteiger partial charge >= 0.3 is 0 Å². The number of rotatable bonds is 7. The zero-order valence-corrected chi connectivity index (χ0v) is 17.4. The van der Waals surface area contributed by atoms with E-state index in [0.29, 0.717) is 25.3 Å². The van der Waals surface area contributed by atoms with Gasteiger partial charge in [-0.2, -0.15) is 0 Å². The Kier molecular flexibility index (Phi) is 6.24. The Morgan fingerprint density at radius 3 is 2.35 bits per heavy atom. The van der Waals surface area contributed by atoms with Crippen LogP contribution in [0.15, 0.2) is 89.7 Å². The lowest BCUT2D eigenvalue weighted by atomic mass is 10.1. The molecule has 1 heterocycles. The Bertz CT molecular complexity index is 1260. The van der Waals surface area contributed by atoms with Crippen LogP contribution in [0.1, 0.15) is 27.0 Å². The fraction of sp³-hybridized carbons (Fsp3) is 0.154. The molecule has 0 aliphatic heterocycles. The summed E-state index contributed by atoms with van der Waals surface area (Å²) in [6.45, 7) is 1.42. The number of ether oxygens (including phenoxy) is 1. The van der Waals surface area contributed by atoms with Gasteiger partial charge in [-0.25, -0.2) is 0 Å². The van der Waals surface area contributed by atoms with Crippen molar-refractivity contribution in [2.45, 2.75) is 19.8 Å². The summed E-state index contributed by atoms with van der Waals surface area (Å²) in [5.41, 5.74) is 4.07. The monoisotopic (exact) mass is 412 g/mol. The molecule has 0 fully saturated rings. The summed E-state index contributed by atoms with van der Waals surface area (Å²) in [7, 11) is 1.71.